The highest BCUT2D eigenvalue weighted by atomic mass is 32.2. The Kier molecular flexibility index (Phi) is 8.56. The number of ether oxygens (including phenoxy) is 2. The topological polar surface area (TPSA) is 134 Å². The summed E-state index contributed by atoms with van der Waals surface area (Å²) < 4.78 is 26.6. The Bertz CT molecular complexity index is 833. The fraction of sp³-hybridized carbons (Fsp3) is 0.579. The Hall–Kier alpha value is -2.24. The number of carbonyl (C=O) groups is 2. The second-order valence-corrected chi connectivity index (χ2v) is 8.14. The zero-order valence-corrected chi connectivity index (χ0v) is 17.6. The van der Waals surface area contributed by atoms with Crippen LogP contribution in [0.1, 0.15) is 20.1 Å². The first-order valence-corrected chi connectivity index (χ1v) is 10.5. The van der Waals surface area contributed by atoms with Crippen LogP contribution in [0.5, 0.6) is 0 Å². The van der Waals surface area contributed by atoms with Gasteiger partial charge in [-0.3, -0.25) is 14.2 Å². The summed E-state index contributed by atoms with van der Waals surface area (Å²) in [4.78, 5) is 39.2. The maximum atomic E-state index is 14.8. The maximum absolute atomic E-state index is 14.8. The summed E-state index contributed by atoms with van der Waals surface area (Å²) in [5.41, 5.74) is 4.72. The highest BCUT2D eigenvalue weighted by Gasteiger charge is 2.46. The van der Waals surface area contributed by atoms with Crippen LogP contribution in [0, 0.1) is 11.8 Å². The number of thioether (sulfide) groups is 1. The van der Waals surface area contributed by atoms with Gasteiger partial charge in [-0.05, 0) is 6.07 Å². The van der Waals surface area contributed by atoms with Crippen LogP contribution in [0.15, 0.2) is 29.7 Å². The Morgan fingerprint density at radius 1 is 1.50 bits per heavy atom. The smallest absolute Gasteiger partial charge is 0.351 e. The number of hydrogen-bond acceptors (Lipinski definition) is 9. The first-order chi connectivity index (χ1) is 14.1. The van der Waals surface area contributed by atoms with E-state index in [-0.39, 0.29) is 29.0 Å². The van der Waals surface area contributed by atoms with Gasteiger partial charge in [-0.25, -0.2) is 9.18 Å². The molecular formula is C19H26FN3O6S. The third-order valence-electron chi connectivity index (χ3n) is 4.63. The third kappa shape index (κ3) is 5.89. The zero-order chi connectivity index (χ0) is 22.4. The molecule has 166 valence electrons. The summed E-state index contributed by atoms with van der Waals surface area (Å²) in [7, 11) is 0. The van der Waals surface area contributed by atoms with Gasteiger partial charge in [-0.1, -0.05) is 19.9 Å². The van der Waals surface area contributed by atoms with Crippen LogP contribution in [0.4, 0.5) is 10.2 Å². The molecule has 1 aliphatic heterocycles. The number of aliphatic hydroxyl groups is 1. The van der Waals surface area contributed by atoms with E-state index in [0.29, 0.717) is 0 Å². The molecule has 2 rings (SSSR count). The number of anilines is 1. The van der Waals surface area contributed by atoms with E-state index in [1.54, 1.807) is 13.8 Å². The second kappa shape index (κ2) is 10.7. The molecule has 2 unspecified atom stereocenters. The van der Waals surface area contributed by atoms with Gasteiger partial charge in [0.1, 0.15) is 42.8 Å². The largest absolute Gasteiger partial charge is 0.462 e. The summed E-state index contributed by atoms with van der Waals surface area (Å²) in [6.45, 7) is 6.66. The molecule has 0 aromatic carbocycles. The number of nitrogens with zero attached hydrogens (tertiary/aromatic N) is 2. The highest BCUT2D eigenvalue weighted by molar-refractivity contribution is 8.00. The van der Waals surface area contributed by atoms with E-state index in [9.17, 15) is 23.9 Å². The Labute approximate surface area is 177 Å². The summed E-state index contributed by atoms with van der Waals surface area (Å²) in [5, 5.41) is 10.2. The van der Waals surface area contributed by atoms with E-state index < -0.39 is 48.8 Å². The lowest BCUT2D eigenvalue weighted by Crippen LogP contribution is -2.53. The van der Waals surface area contributed by atoms with Crippen molar-refractivity contribution >= 4 is 29.3 Å². The van der Waals surface area contributed by atoms with Gasteiger partial charge in [0.15, 0.2) is 0 Å². The fourth-order valence-corrected chi connectivity index (χ4v) is 3.70. The highest BCUT2D eigenvalue weighted by Crippen LogP contribution is 2.35. The number of rotatable bonds is 9. The Morgan fingerprint density at radius 2 is 2.20 bits per heavy atom. The molecule has 0 spiro atoms. The summed E-state index contributed by atoms with van der Waals surface area (Å²) in [5.74, 6) is -1.66. The minimum Gasteiger partial charge on any atom is -0.462 e. The lowest BCUT2D eigenvalue weighted by Gasteiger charge is -2.40. The molecular weight excluding hydrogens is 417 g/mol. The van der Waals surface area contributed by atoms with E-state index in [1.807, 2.05) is 0 Å². The zero-order valence-electron chi connectivity index (χ0n) is 16.8. The molecule has 2 heterocycles. The average molecular weight is 443 g/mol. The van der Waals surface area contributed by atoms with E-state index in [2.05, 4.69) is 11.6 Å². The van der Waals surface area contributed by atoms with Crippen molar-refractivity contribution in [3.8, 4) is 0 Å². The van der Waals surface area contributed by atoms with Crippen molar-refractivity contribution in [3.63, 3.8) is 0 Å². The normalized spacial score (nSPS) is 26.4. The second-order valence-electron chi connectivity index (χ2n) is 7.15. The molecule has 1 saturated heterocycles. The van der Waals surface area contributed by atoms with Gasteiger partial charge < -0.3 is 20.3 Å². The maximum Gasteiger partial charge on any atom is 0.351 e. The van der Waals surface area contributed by atoms with Gasteiger partial charge in [-0.2, -0.15) is 4.98 Å². The first kappa shape index (κ1) is 24.0. The molecule has 3 N–H and O–H groups in total. The molecule has 1 aromatic heterocycles. The molecule has 1 aliphatic rings. The molecule has 11 heteroatoms. The molecule has 9 nitrogen and oxygen atoms in total. The van der Waals surface area contributed by atoms with Gasteiger partial charge in [0.05, 0.1) is 17.4 Å². The van der Waals surface area contributed by atoms with E-state index in [4.69, 9.17) is 15.2 Å². The predicted molar refractivity (Wildman–Crippen MR) is 110 cm³/mol. The average Bonchev–Trinajstić information content (AvgIpc) is 2.69. The Balaban J connectivity index is 2.02. The number of alkyl halides is 1. The van der Waals surface area contributed by atoms with Gasteiger partial charge >= 0.3 is 11.7 Å². The summed E-state index contributed by atoms with van der Waals surface area (Å²) >= 11 is 1.11. The van der Waals surface area contributed by atoms with Crippen molar-refractivity contribution in [2.45, 2.75) is 38.5 Å². The van der Waals surface area contributed by atoms with Gasteiger partial charge in [0, 0.05) is 12.1 Å². The lowest BCUT2D eigenvalue weighted by atomic mass is 9.91. The number of carbonyl (C=O) groups excluding carboxylic acids is 2. The first-order valence-electron chi connectivity index (χ1n) is 9.36. The minimum atomic E-state index is -1.81. The van der Waals surface area contributed by atoms with Crippen LogP contribution in [0.3, 0.4) is 0 Å². The van der Waals surface area contributed by atoms with Crippen molar-refractivity contribution in [2.75, 3.05) is 23.8 Å². The van der Waals surface area contributed by atoms with Gasteiger partial charge in [-0.15, -0.1) is 18.3 Å². The van der Waals surface area contributed by atoms with Crippen LogP contribution in [0.2, 0.25) is 0 Å². The predicted octanol–water partition coefficient (Wildman–Crippen LogP) is 0.726. The van der Waals surface area contributed by atoms with Crippen molar-refractivity contribution in [1.82, 2.24) is 9.55 Å². The number of ketones is 1. The molecule has 5 atom stereocenters. The standard InChI is InChI=1S/C19H26FN3O6S/c1-4-11-16(20)17(26)13(7-28-15(25)9-30-8-12(24)10(2)3)29-18(11)23-6-5-14(21)22-19(23)27/h4-6,10-11,13,16-18,26H,1,7-9H2,2-3H3,(H2,21,22,27)/t11?,13-,16-,17?,18-/m1/s1. The minimum absolute atomic E-state index is 0.00188. The van der Waals surface area contributed by atoms with Gasteiger partial charge in [0.25, 0.3) is 0 Å². The molecule has 0 amide bonds. The molecule has 1 fully saturated rings. The summed E-state index contributed by atoms with van der Waals surface area (Å²) in [6, 6.07) is 1.36. The van der Waals surface area contributed by atoms with Gasteiger partial charge in [0.2, 0.25) is 0 Å². The third-order valence-corrected chi connectivity index (χ3v) is 5.56. The number of aliphatic hydroxyl groups excluding tert-OH is 1. The summed E-state index contributed by atoms with van der Waals surface area (Å²) in [6.07, 6.45) is -3.22. The Morgan fingerprint density at radius 3 is 2.80 bits per heavy atom. The van der Waals surface area contributed by atoms with Crippen LogP contribution in [-0.2, 0) is 19.1 Å². The van der Waals surface area contributed by atoms with Crippen molar-refractivity contribution in [2.24, 2.45) is 11.8 Å². The van der Waals surface area contributed by atoms with Crippen LogP contribution >= 0.6 is 11.8 Å². The van der Waals surface area contributed by atoms with Crippen molar-refractivity contribution in [1.29, 1.82) is 0 Å². The molecule has 0 saturated carbocycles. The van der Waals surface area contributed by atoms with Crippen LogP contribution in [0.25, 0.3) is 0 Å². The monoisotopic (exact) mass is 443 g/mol. The fourth-order valence-electron chi connectivity index (χ4n) is 2.81. The van der Waals surface area contributed by atoms with E-state index >= 15 is 0 Å². The molecule has 30 heavy (non-hydrogen) atoms. The van der Waals surface area contributed by atoms with E-state index in [0.717, 1.165) is 16.3 Å². The lowest BCUT2D eigenvalue weighted by molar-refractivity contribution is -0.212. The number of esters is 1. The van der Waals surface area contributed by atoms with Crippen molar-refractivity contribution < 1.29 is 28.6 Å². The molecule has 0 bridgehead atoms. The van der Waals surface area contributed by atoms with Crippen LogP contribution < -0.4 is 11.4 Å². The molecule has 1 aromatic rings. The molecule has 0 radical (unpaired) electrons. The number of nitrogens with two attached hydrogens (primary N) is 1. The SMILES string of the molecule is C=CC1[C@@H](F)C(O)[C@@H](COC(=O)CSCC(=O)C(C)C)O[C@H]1n1ccc(N)nc1=O. The number of halogens is 1. The number of nitrogen functional groups attached to an aromatic ring is 1. The molecule has 0 aliphatic carbocycles. The number of aromatic nitrogens is 2. The number of hydrogen-bond donors (Lipinski definition) is 2. The van der Waals surface area contributed by atoms with Crippen molar-refractivity contribution in [3.05, 3.63) is 35.4 Å². The number of Topliss-reactive ketones (excluding diaryl/α,β-unsaturated/α-hetero) is 1. The van der Waals surface area contributed by atoms with E-state index in [1.165, 1.54) is 18.3 Å². The quantitative estimate of drug-likeness (QED) is 0.418. The van der Waals surface area contributed by atoms with Crippen LogP contribution in [-0.4, -0.2) is 62.9 Å².